The Labute approximate surface area is 142 Å². The van der Waals surface area contributed by atoms with Crippen molar-refractivity contribution < 1.29 is 8.78 Å². The fourth-order valence-corrected chi connectivity index (χ4v) is 4.93. The van der Waals surface area contributed by atoms with E-state index in [0.29, 0.717) is 18.8 Å². The maximum Gasteiger partial charge on any atom is 0.131 e. The Hall–Kier alpha value is -0.400. The largest absolute Gasteiger partial charge is 0.244 e. The lowest BCUT2D eigenvalue weighted by atomic mass is 9.72. The lowest BCUT2D eigenvalue weighted by Crippen LogP contribution is -2.27. The van der Waals surface area contributed by atoms with Crippen molar-refractivity contribution in [1.82, 2.24) is 0 Å². The number of hydrogen-bond acceptors (Lipinski definition) is 0. The van der Waals surface area contributed by atoms with Gasteiger partial charge in [-0.15, -0.1) is 6.58 Å². The average Bonchev–Trinajstić information content (AvgIpc) is 2.57. The standard InChI is InChI=1S/C21H36F2/c1-3-6-18(19-12-9-16(4-2)10-13-19)8-5-7-17-11-14-20(22)21(23)15-17/h4,16-21H,2-3,5-15H2,1H3. The van der Waals surface area contributed by atoms with Crippen LogP contribution in [-0.2, 0) is 0 Å². The number of rotatable bonds is 8. The molecule has 0 bridgehead atoms. The van der Waals surface area contributed by atoms with Crippen molar-refractivity contribution in [2.45, 2.75) is 96.3 Å². The van der Waals surface area contributed by atoms with Gasteiger partial charge in [0.1, 0.15) is 12.3 Å². The summed E-state index contributed by atoms with van der Waals surface area (Å²) in [5.74, 6) is 2.91. The molecular formula is C21H36F2. The third-order valence-electron chi connectivity index (χ3n) is 6.46. The lowest BCUT2D eigenvalue weighted by molar-refractivity contribution is 0.0846. The number of allylic oxidation sites excluding steroid dienone is 1. The highest BCUT2D eigenvalue weighted by Gasteiger charge is 2.31. The molecule has 0 spiro atoms. The molecule has 0 nitrogen and oxygen atoms in total. The summed E-state index contributed by atoms with van der Waals surface area (Å²) in [6.07, 6.45) is 13.1. The van der Waals surface area contributed by atoms with E-state index in [1.807, 2.05) is 0 Å². The van der Waals surface area contributed by atoms with Gasteiger partial charge in [-0.3, -0.25) is 0 Å². The minimum atomic E-state index is -1.20. The van der Waals surface area contributed by atoms with Crippen molar-refractivity contribution in [2.24, 2.45) is 23.7 Å². The number of alkyl halides is 2. The molecule has 0 radical (unpaired) electrons. The van der Waals surface area contributed by atoms with Crippen LogP contribution >= 0.6 is 0 Å². The van der Waals surface area contributed by atoms with E-state index in [9.17, 15) is 8.78 Å². The van der Waals surface area contributed by atoms with Gasteiger partial charge in [0.25, 0.3) is 0 Å². The summed E-state index contributed by atoms with van der Waals surface area (Å²) < 4.78 is 26.7. The Morgan fingerprint density at radius 2 is 1.74 bits per heavy atom. The molecule has 2 saturated carbocycles. The van der Waals surface area contributed by atoms with Crippen molar-refractivity contribution in [1.29, 1.82) is 0 Å². The van der Waals surface area contributed by atoms with E-state index in [2.05, 4.69) is 19.6 Å². The second kappa shape index (κ2) is 9.79. The summed E-state index contributed by atoms with van der Waals surface area (Å²) in [5.41, 5.74) is 0. The molecule has 23 heavy (non-hydrogen) atoms. The van der Waals surface area contributed by atoms with Gasteiger partial charge in [0.2, 0.25) is 0 Å². The Bertz CT molecular complexity index is 333. The Kier molecular flexibility index (Phi) is 8.06. The summed E-state index contributed by atoms with van der Waals surface area (Å²) in [6.45, 7) is 6.24. The minimum Gasteiger partial charge on any atom is -0.244 e. The quantitative estimate of drug-likeness (QED) is 0.419. The van der Waals surface area contributed by atoms with Crippen LogP contribution in [0.1, 0.15) is 84.0 Å². The second-order valence-electron chi connectivity index (χ2n) is 8.10. The molecule has 2 aliphatic carbocycles. The lowest BCUT2D eigenvalue weighted by Gasteiger charge is -2.34. The molecule has 2 heteroatoms. The molecule has 0 saturated heterocycles. The van der Waals surface area contributed by atoms with Crippen molar-refractivity contribution in [2.75, 3.05) is 0 Å². The van der Waals surface area contributed by atoms with Crippen LogP contribution in [0.2, 0.25) is 0 Å². The van der Waals surface area contributed by atoms with Gasteiger partial charge in [-0.1, -0.05) is 45.1 Å². The predicted molar refractivity (Wildman–Crippen MR) is 95.0 cm³/mol. The highest BCUT2D eigenvalue weighted by atomic mass is 19.2. The van der Waals surface area contributed by atoms with E-state index < -0.39 is 12.3 Å². The fraction of sp³-hybridized carbons (Fsp3) is 0.905. The predicted octanol–water partition coefficient (Wildman–Crippen LogP) is 7.04. The van der Waals surface area contributed by atoms with Gasteiger partial charge in [0.05, 0.1) is 0 Å². The third kappa shape index (κ3) is 5.87. The van der Waals surface area contributed by atoms with Crippen LogP contribution in [0.3, 0.4) is 0 Å². The molecule has 2 fully saturated rings. The van der Waals surface area contributed by atoms with Gasteiger partial charge in [0, 0.05) is 0 Å². The minimum absolute atomic E-state index is 0.427. The van der Waals surface area contributed by atoms with Gasteiger partial charge >= 0.3 is 0 Å². The van der Waals surface area contributed by atoms with Crippen LogP contribution in [0.5, 0.6) is 0 Å². The summed E-state index contributed by atoms with van der Waals surface area (Å²) in [4.78, 5) is 0. The zero-order valence-electron chi connectivity index (χ0n) is 15.0. The van der Waals surface area contributed by atoms with E-state index in [1.54, 1.807) is 0 Å². The average molecular weight is 327 g/mol. The van der Waals surface area contributed by atoms with Gasteiger partial charge in [-0.2, -0.15) is 0 Å². The highest BCUT2D eigenvalue weighted by Crippen LogP contribution is 2.39. The normalized spacial score (nSPS) is 36.6. The molecule has 0 aromatic carbocycles. The molecule has 0 N–H and O–H groups in total. The first-order chi connectivity index (χ1) is 11.1. The molecule has 4 unspecified atom stereocenters. The van der Waals surface area contributed by atoms with Crippen molar-refractivity contribution in [3.05, 3.63) is 12.7 Å². The molecule has 2 rings (SSSR count). The number of hydrogen-bond donors (Lipinski definition) is 0. The maximum absolute atomic E-state index is 13.5. The van der Waals surface area contributed by atoms with Crippen molar-refractivity contribution >= 4 is 0 Å². The van der Waals surface area contributed by atoms with Crippen LogP contribution in [-0.4, -0.2) is 12.3 Å². The van der Waals surface area contributed by atoms with E-state index in [0.717, 1.165) is 30.6 Å². The van der Waals surface area contributed by atoms with Crippen LogP contribution in [0.15, 0.2) is 12.7 Å². The summed E-state index contributed by atoms with van der Waals surface area (Å²) >= 11 is 0. The monoisotopic (exact) mass is 326 g/mol. The molecule has 4 atom stereocenters. The van der Waals surface area contributed by atoms with Gasteiger partial charge in [0.15, 0.2) is 0 Å². The fourth-order valence-electron chi connectivity index (χ4n) is 4.93. The SMILES string of the molecule is C=CC1CCC(C(CCC)CCCC2CCC(F)C(F)C2)CC1. The first-order valence-corrected chi connectivity index (χ1v) is 10.0. The first-order valence-electron chi connectivity index (χ1n) is 10.0. The summed E-state index contributed by atoms with van der Waals surface area (Å²) in [7, 11) is 0. The highest BCUT2D eigenvalue weighted by molar-refractivity contribution is 4.86. The van der Waals surface area contributed by atoms with Crippen molar-refractivity contribution in [3.8, 4) is 0 Å². The molecule has 2 aliphatic rings. The molecule has 0 aromatic heterocycles. The molecular weight excluding hydrogens is 290 g/mol. The van der Waals surface area contributed by atoms with E-state index >= 15 is 0 Å². The molecule has 0 amide bonds. The van der Waals surface area contributed by atoms with Crippen LogP contribution < -0.4 is 0 Å². The molecule has 0 aromatic rings. The molecule has 0 heterocycles. The Morgan fingerprint density at radius 3 is 2.35 bits per heavy atom. The molecule has 134 valence electrons. The van der Waals surface area contributed by atoms with Crippen molar-refractivity contribution in [3.63, 3.8) is 0 Å². The zero-order valence-corrected chi connectivity index (χ0v) is 15.0. The number of halogens is 2. The van der Waals surface area contributed by atoms with E-state index in [-0.39, 0.29) is 0 Å². The Balaban J connectivity index is 1.71. The summed E-state index contributed by atoms with van der Waals surface area (Å²) in [5, 5.41) is 0. The Morgan fingerprint density at radius 1 is 1.00 bits per heavy atom. The van der Waals surface area contributed by atoms with Crippen LogP contribution in [0.4, 0.5) is 8.78 Å². The van der Waals surface area contributed by atoms with Gasteiger partial charge in [-0.05, 0) is 68.6 Å². The van der Waals surface area contributed by atoms with Gasteiger partial charge in [-0.25, -0.2) is 8.78 Å². The zero-order chi connectivity index (χ0) is 16.7. The summed E-state index contributed by atoms with van der Waals surface area (Å²) in [6, 6.07) is 0. The van der Waals surface area contributed by atoms with Gasteiger partial charge < -0.3 is 0 Å². The second-order valence-corrected chi connectivity index (χ2v) is 8.10. The topological polar surface area (TPSA) is 0 Å². The van der Waals surface area contributed by atoms with Crippen LogP contribution in [0, 0.1) is 23.7 Å². The van der Waals surface area contributed by atoms with E-state index in [1.165, 1.54) is 51.4 Å². The van der Waals surface area contributed by atoms with E-state index in [4.69, 9.17) is 0 Å². The smallest absolute Gasteiger partial charge is 0.131 e. The first kappa shape index (κ1) is 18.9. The third-order valence-corrected chi connectivity index (χ3v) is 6.46. The maximum atomic E-state index is 13.5. The molecule has 0 aliphatic heterocycles. The van der Waals surface area contributed by atoms with Crippen LogP contribution in [0.25, 0.3) is 0 Å².